The highest BCUT2D eigenvalue weighted by Gasteiger charge is 2.17. The molecule has 0 aliphatic rings. The van der Waals surface area contributed by atoms with Crippen LogP contribution in [0.15, 0.2) is 47.6 Å². The lowest BCUT2D eigenvalue weighted by Gasteiger charge is -2.03. The first-order chi connectivity index (χ1) is 13.4. The average Bonchev–Trinajstić information content (AvgIpc) is 3.06. The van der Waals surface area contributed by atoms with Crippen molar-refractivity contribution >= 4 is 41.0 Å². The standard InChI is InChI=1S/C17H12Cl2N6O3/c1-10-16(17(26)22-20-9-11-2-7-14(18)15(19)8-11)21-23-24(10)12-3-5-13(6-4-12)25(27)28/h2-9H,1H3,(H,22,26)/b20-9+. The molecule has 142 valence electrons. The number of nitro benzene ring substituents is 1. The highest BCUT2D eigenvalue weighted by atomic mass is 35.5. The predicted octanol–water partition coefficient (Wildman–Crippen LogP) is 3.55. The fourth-order valence-electron chi connectivity index (χ4n) is 2.31. The largest absolute Gasteiger partial charge is 0.293 e. The van der Waals surface area contributed by atoms with Crippen LogP contribution in [-0.4, -0.2) is 32.0 Å². The van der Waals surface area contributed by atoms with Gasteiger partial charge in [0.15, 0.2) is 5.69 Å². The first-order valence-electron chi connectivity index (χ1n) is 7.82. The second-order valence-corrected chi connectivity index (χ2v) is 6.40. The van der Waals surface area contributed by atoms with Crippen LogP contribution in [0.2, 0.25) is 10.0 Å². The SMILES string of the molecule is Cc1c(C(=O)N/N=C/c2ccc(Cl)c(Cl)c2)nnn1-c1ccc([N+](=O)[O-])cc1. The number of aromatic nitrogens is 3. The van der Waals surface area contributed by atoms with Crippen molar-refractivity contribution in [1.29, 1.82) is 0 Å². The number of hydrogen-bond acceptors (Lipinski definition) is 6. The van der Waals surface area contributed by atoms with Crippen LogP contribution in [0.3, 0.4) is 0 Å². The van der Waals surface area contributed by atoms with E-state index in [9.17, 15) is 14.9 Å². The Hall–Kier alpha value is -3.30. The molecule has 0 bridgehead atoms. The van der Waals surface area contributed by atoms with E-state index in [1.165, 1.54) is 35.2 Å². The Morgan fingerprint density at radius 1 is 1.21 bits per heavy atom. The number of benzene rings is 2. The van der Waals surface area contributed by atoms with Crippen LogP contribution in [0.25, 0.3) is 5.69 Å². The maximum Gasteiger partial charge on any atom is 0.293 e. The van der Waals surface area contributed by atoms with E-state index < -0.39 is 10.8 Å². The van der Waals surface area contributed by atoms with E-state index >= 15 is 0 Å². The molecule has 0 saturated heterocycles. The molecule has 9 nitrogen and oxygen atoms in total. The highest BCUT2D eigenvalue weighted by molar-refractivity contribution is 6.42. The van der Waals surface area contributed by atoms with Crippen molar-refractivity contribution < 1.29 is 9.72 Å². The first kappa shape index (κ1) is 19.5. The van der Waals surface area contributed by atoms with E-state index in [0.29, 0.717) is 27.0 Å². The molecular weight excluding hydrogens is 407 g/mol. The summed E-state index contributed by atoms with van der Waals surface area (Å²) in [4.78, 5) is 22.5. The number of rotatable bonds is 5. The topological polar surface area (TPSA) is 115 Å². The van der Waals surface area contributed by atoms with Gasteiger partial charge in [0, 0.05) is 12.1 Å². The number of carbonyl (C=O) groups is 1. The van der Waals surface area contributed by atoms with Gasteiger partial charge in [0.25, 0.3) is 11.6 Å². The van der Waals surface area contributed by atoms with Gasteiger partial charge in [-0.15, -0.1) is 5.10 Å². The Balaban J connectivity index is 1.73. The Bertz CT molecular complexity index is 1080. The van der Waals surface area contributed by atoms with Gasteiger partial charge in [0.1, 0.15) is 0 Å². The van der Waals surface area contributed by atoms with Gasteiger partial charge in [-0.25, -0.2) is 10.1 Å². The van der Waals surface area contributed by atoms with Gasteiger partial charge in [-0.3, -0.25) is 14.9 Å². The van der Waals surface area contributed by atoms with Crippen LogP contribution < -0.4 is 5.43 Å². The number of non-ortho nitro benzene ring substituents is 1. The molecule has 1 heterocycles. The number of carbonyl (C=O) groups excluding carboxylic acids is 1. The summed E-state index contributed by atoms with van der Waals surface area (Å²) in [6.07, 6.45) is 1.41. The third-order valence-electron chi connectivity index (χ3n) is 3.74. The summed E-state index contributed by atoms with van der Waals surface area (Å²) in [5.74, 6) is -0.554. The molecule has 0 saturated carbocycles. The Labute approximate surface area is 168 Å². The number of nitrogens with zero attached hydrogens (tertiary/aromatic N) is 5. The van der Waals surface area contributed by atoms with E-state index in [1.54, 1.807) is 25.1 Å². The zero-order valence-electron chi connectivity index (χ0n) is 14.3. The van der Waals surface area contributed by atoms with Crippen LogP contribution in [0.5, 0.6) is 0 Å². The highest BCUT2D eigenvalue weighted by Crippen LogP contribution is 2.21. The summed E-state index contributed by atoms with van der Waals surface area (Å²) < 4.78 is 1.40. The normalized spacial score (nSPS) is 11.0. The first-order valence-corrected chi connectivity index (χ1v) is 8.58. The third-order valence-corrected chi connectivity index (χ3v) is 4.48. The van der Waals surface area contributed by atoms with Crippen molar-refractivity contribution in [2.24, 2.45) is 5.10 Å². The van der Waals surface area contributed by atoms with E-state index in [0.717, 1.165) is 0 Å². The molecule has 0 unspecified atom stereocenters. The van der Waals surface area contributed by atoms with Crippen LogP contribution >= 0.6 is 23.2 Å². The maximum absolute atomic E-state index is 12.3. The molecule has 1 N–H and O–H groups in total. The van der Waals surface area contributed by atoms with Gasteiger partial charge >= 0.3 is 0 Å². The van der Waals surface area contributed by atoms with Gasteiger partial charge in [0.05, 0.1) is 32.6 Å². The van der Waals surface area contributed by atoms with Crippen molar-refractivity contribution in [3.63, 3.8) is 0 Å². The lowest BCUT2D eigenvalue weighted by Crippen LogP contribution is -2.19. The molecule has 0 radical (unpaired) electrons. The van der Waals surface area contributed by atoms with Crippen LogP contribution in [0.1, 0.15) is 21.7 Å². The summed E-state index contributed by atoms with van der Waals surface area (Å²) in [5.41, 5.74) is 4.03. The van der Waals surface area contributed by atoms with E-state index in [4.69, 9.17) is 23.2 Å². The van der Waals surface area contributed by atoms with Crippen molar-refractivity contribution in [1.82, 2.24) is 20.4 Å². The van der Waals surface area contributed by atoms with Gasteiger partial charge in [0.2, 0.25) is 0 Å². The molecular formula is C17H12Cl2N6O3. The summed E-state index contributed by atoms with van der Waals surface area (Å²) in [6, 6.07) is 10.6. The molecule has 0 spiro atoms. The van der Waals surface area contributed by atoms with Crippen molar-refractivity contribution in [3.05, 3.63) is 79.6 Å². The molecule has 0 fully saturated rings. The van der Waals surface area contributed by atoms with Crippen LogP contribution in [0, 0.1) is 17.0 Å². The quantitative estimate of drug-likeness (QED) is 0.386. The molecule has 28 heavy (non-hydrogen) atoms. The number of amides is 1. The zero-order valence-corrected chi connectivity index (χ0v) is 15.8. The number of halogens is 2. The molecule has 1 aromatic heterocycles. The number of hydrazone groups is 1. The third kappa shape index (κ3) is 4.16. The number of nitro groups is 1. The number of nitrogens with one attached hydrogen (secondary N) is 1. The van der Waals surface area contributed by atoms with Crippen LogP contribution in [-0.2, 0) is 0 Å². The predicted molar refractivity (Wildman–Crippen MR) is 104 cm³/mol. The molecule has 11 heteroatoms. The molecule has 2 aromatic carbocycles. The maximum atomic E-state index is 12.3. The molecule has 0 atom stereocenters. The smallest absolute Gasteiger partial charge is 0.265 e. The van der Waals surface area contributed by atoms with Gasteiger partial charge in [-0.05, 0) is 36.8 Å². The molecule has 1 amide bonds. The van der Waals surface area contributed by atoms with Gasteiger partial charge in [-0.2, -0.15) is 5.10 Å². The van der Waals surface area contributed by atoms with Gasteiger partial charge < -0.3 is 0 Å². The van der Waals surface area contributed by atoms with Crippen molar-refractivity contribution in [3.8, 4) is 5.69 Å². The minimum atomic E-state index is -0.554. The zero-order chi connectivity index (χ0) is 20.3. The second kappa shape index (κ2) is 8.15. The minimum Gasteiger partial charge on any atom is -0.265 e. The molecule has 0 aliphatic carbocycles. The second-order valence-electron chi connectivity index (χ2n) is 5.58. The van der Waals surface area contributed by atoms with Crippen molar-refractivity contribution in [2.45, 2.75) is 6.92 Å². The van der Waals surface area contributed by atoms with Crippen LogP contribution in [0.4, 0.5) is 5.69 Å². The van der Waals surface area contributed by atoms with Crippen molar-refractivity contribution in [2.75, 3.05) is 0 Å². The fraction of sp³-hybridized carbons (Fsp3) is 0.0588. The number of hydrogen-bond donors (Lipinski definition) is 1. The summed E-state index contributed by atoms with van der Waals surface area (Å²) >= 11 is 11.8. The van der Waals surface area contributed by atoms with Gasteiger partial charge in [-0.1, -0.05) is 34.5 Å². The fourth-order valence-corrected chi connectivity index (χ4v) is 2.62. The molecule has 3 rings (SSSR count). The lowest BCUT2D eigenvalue weighted by atomic mass is 10.2. The Morgan fingerprint density at radius 2 is 1.93 bits per heavy atom. The molecule has 0 aliphatic heterocycles. The average molecular weight is 419 g/mol. The van der Waals surface area contributed by atoms with E-state index in [2.05, 4.69) is 20.8 Å². The lowest BCUT2D eigenvalue weighted by molar-refractivity contribution is -0.384. The summed E-state index contributed by atoms with van der Waals surface area (Å²) in [5, 5.41) is 23.2. The Morgan fingerprint density at radius 3 is 2.57 bits per heavy atom. The minimum absolute atomic E-state index is 0.0453. The summed E-state index contributed by atoms with van der Waals surface area (Å²) in [7, 11) is 0. The van der Waals surface area contributed by atoms with E-state index in [-0.39, 0.29) is 11.4 Å². The summed E-state index contributed by atoms with van der Waals surface area (Å²) in [6.45, 7) is 1.65. The Kier molecular flexibility index (Phi) is 5.67. The monoisotopic (exact) mass is 418 g/mol. The molecule has 3 aromatic rings. The van der Waals surface area contributed by atoms with E-state index in [1.807, 2.05) is 0 Å².